The van der Waals surface area contributed by atoms with Gasteiger partial charge in [0.1, 0.15) is 0 Å². The van der Waals surface area contributed by atoms with Gasteiger partial charge in [-0.05, 0) is 0 Å². The Morgan fingerprint density at radius 1 is 0.583 bits per heavy atom. The monoisotopic (exact) mass is 846 g/mol. The van der Waals surface area contributed by atoms with Crippen LogP contribution in [0.2, 0.25) is 0 Å². The van der Waals surface area contributed by atoms with Gasteiger partial charge in [0.05, 0.1) is 0 Å². The van der Waals surface area contributed by atoms with Crippen molar-refractivity contribution >= 4 is 9.58 Å². The second kappa shape index (κ2) is 151. The zero-order chi connectivity index (χ0) is 8.00. The van der Waals surface area contributed by atoms with Gasteiger partial charge in [-0.2, -0.15) is 0 Å². The molecule has 0 aromatic rings. The van der Waals surface area contributed by atoms with E-state index in [9.17, 15) is 0 Å². The maximum atomic E-state index is 8.06. The Morgan fingerprint density at radius 3 is 0.583 bits per heavy atom. The van der Waals surface area contributed by atoms with Gasteiger partial charge in [0.25, 0.3) is 0 Å². The van der Waals surface area contributed by atoms with E-state index in [1.54, 1.807) is 63.1 Å². The first-order chi connectivity index (χ1) is 4.00. The third-order valence-electron chi connectivity index (χ3n) is 0. The minimum absolute atomic E-state index is 0. The van der Waals surface area contributed by atoms with Crippen LogP contribution in [0.3, 0.4) is 0 Å². The molecule has 0 aliphatic heterocycles. The fourth-order valence-corrected chi connectivity index (χ4v) is 0. The molecule has 0 fully saturated rings. The van der Waals surface area contributed by atoms with Gasteiger partial charge in [-0.15, -0.1) is 0 Å². The molecule has 12 heavy (non-hydrogen) atoms. The summed E-state index contributed by atoms with van der Waals surface area (Å²) >= 11 is 7.63. The summed E-state index contributed by atoms with van der Waals surface area (Å²) in [6, 6.07) is 0. The van der Waals surface area contributed by atoms with Crippen molar-refractivity contribution in [2.45, 2.75) is 0 Å². The van der Waals surface area contributed by atoms with Crippen LogP contribution in [0.4, 0.5) is 0 Å². The quantitative estimate of drug-likeness (QED) is 0.307. The number of hydrogen-bond acceptors (Lipinski definition) is 4. The predicted molar refractivity (Wildman–Crippen MR) is 13.3 cm³/mol. The number of hydrogen-bond donors (Lipinski definition) is 0. The molecular weight excluding hydrogens is 851 g/mol. The van der Waals surface area contributed by atoms with Gasteiger partial charge in [-0.1, -0.05) is 0 Å². The van der Waals surface area contributed by atoms with Crippen molar-refractivity contribution in [3.05, 3.63) is 0 Å². The molecule has 0 aromatic carbocycles. The Bertz CT molecular complexity index is 23.4. The van der Waals surface area contributed by atoms with Crippen LogP contribution in [0.15, 0.2) is 0 Å². The van der Waals surface area contributed by atoms with Crippen LogP contribution in [-0.2, 0) is 159 Å². The van der Waals surface area contributed by atoms with Crippen molar-refractivity contribution in [2.75, 3.05) is 0 Å². The first-order valence-electron chi connectivity index (χ1n) is 0.492. The van der Waals surface area contributed by atoms with Crippen molar-refractivity contribution < 1.29 is 165 Å². The Hall–Kier alpha value is 4.76. The molecule has 3 radical (unpaired) electrons. The summed E-state index contributed by atoms with van der Waals surface area (Å²) in [6.07, 6.45) is 0. The van der Waals surface area contributed by atoms with E-state index in [4.69, 9.17) is 9.75 Å². The molecule has 0 aliphatic rings. The molecule has 0 heterocycles. The van der Waals surface area contributed by atoms with E-state index in [1.165, 1.54) is 0 Å². The van der Waals surface area contributed by atoms with Crippen molar-refractivity contribution in [2.24, 2.45) is 0 Å². The van der Waals surface area contributed by atoms with Gasteiger partial charge in [0.15, 0.2) is 0 Å². The van der Waals surface area contributed by atoms with Crippen LogP contribution in [-0.4, -0.2) is 5.48 Å². The zero-order valence-corrected chi connectivity index (χ0v) is 15.4. The van der Waals surface area contributed by atoms with Crippen molar-refractivity contribution in [1.29, 1.82) is 0 Å². The molecule has 0 amide bonds. The molecule has 0 spiro atoms. The van der Waals surface area contributed by atoms with Gasteiger partial charge in [0, 0.05) is 67.1 Å². The second-order valence-electron chi connectivity index (χ2n) is 0. The van der Waals surface area contributed by atoms with Crippen LogP contribution in [0.5, 0.6) is 0 Å². The predicted octanol–water partition coefficient (Wildman–Crippen LogP) is -0.550. The number of rotatable bonds is 0. The van der Waals surface area contributed by atoms with Gasteiger partial charge >= 0.3 is 102 Å². The molecule has 0 saturated carbocycles. The van der Waals surface area contributed by atoms with Crippen molar-refractivity contribution in [3.8, 4) is 0 Å². The van der Waals surface area contributed by atoms with E-state index in [2.05, 4.69) is 28.8 Å². The molecular formula is H2Ag7O4S. The van der Waals surface area contributed by atoms with Crippen LogP contribution in [0.1, 0.15) is 0 Å². The molecule has 0 atom stereocenters. The van der Waals surface area contributed by atoms with E-state index in [0.717, 1.165) is 0 Å². The Labute approximate surface area is 170 Å². The summed E-state index contributed by atoms with van der Waals surface area (Å²) in [6.45, 7) is 0. The van der Waals surface area contributed by atoms with E-state index in [0.29, 0.717) is 0 Å². The minimum atomic E-state index is 0. The topological polar surface area (TPSA) is 82.7 Å². The molecule has 0 unspecified atom stereocenters. The average molecular weight is 853 g/mol. The molecule has 4 nitrogen and oxygen atoms in total. The van der Waals surface area contributed by atoms with Crippen LogP contribution in [0.25, 0.3) is 0 Å². The van der Waals surface area contributed by atoms with Crippen LogP contribution >= 0.6 is 9.58 Å². The molecule has 12 heteroatoms. The van der Waals surface area contributed by atoms with E-state index < -0.39 is 0 Å². The SMILES string of the molecule is O.[Ag].[Ag].[Ag].[O]=[Ag].[O]=[Ag].[O]=[Ag].[S]=[Ag]. The summed E-state index contributed by atoms with van der Waals surface area (Å²) < 4.78 is 24.2. The van der Waals surface area contributed by atoms with Gasteiger partial charge in [0.2, 0.25) is 0 Å². The first-order valence-corrected chi connectivity index (χ1v) is 4.37. The summed E-state index contributed by atoms with van der Waals surface area (Å²) in [5.74, 6) is 0. The standard InChI is InChI=1S/7Ag.H2O.3O.S/h;;;;;;;1H2;;;;. The van der Waals surface area contributed by atoms with E-state index in [-0.39, 0.29) is 72.6 Å². The van der Waals surface area contributed by atoms with Crippen molar-refractivity contribution in [1.82, 2.24) is 0 Å². The normalized spacial score (nSPS) is 2.00. The molecule has 2 N–H and O–H groups in total. The van der Waals surface area contributed by atoms with Gasteiger partial charge < -0.3 is 5.48 Å². The maximum absolute atomic E-state index is 8.06. The third kappa shape index (κ3) is 123. The third-order valence-corrected chi connectivity index (χ3v) is 0. The fourth-order valence-electron chi connectivity index (χ4n) is 0. The van der Waals surface area contributed by atoms with Gasteiger partial charge in [-0.3, -0.25) is 0 Å². The second-order valence-corrected chi connectivity index (χ2v) is 0. The zero-order valence-electron chi connectivity index (χ0n) is 4.24. The molecule has 109 valence electrons. The Kier molecular flexibility index (Phi) is 685. The Morgan fingerprint density at radius 2 is 0.583 bits per heavy atom. The average Bonchev–Trinajstić information content (AvgIpc) is 2.03. The van der Waals surface area contributed by atoms with Crippen LogP contribution < -0.4 is 0 Å². The summed E-state index contributed by atoms with van der Waals surface area (Å²) in [5, 5.41) is 0. The fraction of sp³-hybridized carbons (Fsp3) is 0. The summed E-state index contributed by atoms with van der Waals surface area (Å²) in [5.41, 5.74) is 0. The molecule has 0 saturated heterocycles. The molecule has 0 bridgehead atoms. The van der Waals surface area contributed by atoms with E-state index in [1.807, 2.05) is 0 Å². The molecule has 0 aromatic heterocycles. The summed E-state index contributed by atoms with van der Waals surface area (Å²) in [7, 11) is 3.89. The molecule has 0 aliphatic carbocycles. The van der Waals surface area contributed by atoms with Crippen molar-refractivity contribution in [3.63, 3.8) is 0 Å². The Balaban J connectivity index is -0.00000000267. The van der Waals surface area contributed by atoms with Crippen LogP contribution in [0, 0.1) is 0 Å². The summed E-state index contributed by atoms with van der Waals surface area (Å²) in [4.78, 5) is 0. The van der Waals surface area contributed by atoms with E-state index >= 15 is 0 Å². The van der Waals surface area contributed by atoms with Gasteiger partial charge in [-0.25, -0.2) is 0 Å². The molecule has 0 rings (SSSR count). The first kappa shape index (κ1) is 54.2.